The van der Waals surface area contributed by atoms with Crippen LogP contribution >= 0.6 is 0 Å². The molecule has 1 heterocycles. The van der Waals surface area contributed by atoms with E-state index in [0.29, 0.717) is 23.7 Å². The normalized spacial score (nSPS) is 11.3. The highest BCUT2D eigenvalue weighted by Crippen LogP contribution is 2.16. The van der Waals surface area contributed by atoms with Gasteiger partial charge in [-0.15, -0.1) is 0 Å². The highest BCUT2D eigenvalue weighted by molar-refractivity contribution is 7.95. The van der Waals surface area contributed by atoms with Gasteiger partial charge in [-0.3, -0.25) is 9.52 Å². The first-order valence-corrected chi connectivity index (χ1v) is 12.2. The fourth-order valence-electron chi connectivity index (χ4n) is 2.90. The number of rotatable bonds is 11. The van der Waals surface area contributed by atoms with Crippen LogP contribution in [0.4, 0.5) is 5.69 Å². The first kappa shape index (κ1) is 24.0. The predicted octanol–water partition coefficient (Wildman–Crippen LogP) is 4.60. The van der Waals surface area contributed by atoms with Gasteiger partial charge in [0, 0.05) is 29.6 Å². The van der Waals surface area contributed by atoms with Crippen molar-refractivity contribution in [3.63, 3.8) is 0 Å². The first-order chi connectivity index (χ1) is 16.0. The first-order valence-electron chi connectivity index (χ1n) is 10.7. The third kappa shape index (κ3) is 7.76. The second kappa shape index (κ2) is 11.8. The van der Waals surface area contributed by atoms with E-state index in [2.05, 4.69) is 21.9 Å². The Morgan fingerprint density at radius 2 is 1.79 bits per heavy atom. The number of hydrogen-bond acceptors (Lipinski definition) is 5. The molecule has 0 atom stereocenters. The maximum absolute atomic E-state index is 12.5. The van der Waals surface area contributed by atoms with Crippen molar-refractivity contribution in [2.45, 2.75) is 26.3 Å². The number of ether oxygens (including phenoxy) is 1. The number of sulfonamides is 1. The summed E-state index contributed by atoms with van der Waals surface area (Å²) in [5.74, 6) is 0.233. The van der Waals surface area contributed by atoms with Crippen molar-refractivity contribution in [1.82, 2.24) is 10.3 Å². The molecular weight excluding hydrogens is 438 g/mol. The van der Waals surface area contributed by atoms with Crippen molar-refractivity contribution in [3.8, 4) is 5.88 Å². The highest BCUT2D eigenvalue weighted by atomic mass is 32.2. The Kier molecular flexibility index (Phi) is 8.60. The summed E-state index contributed by atoms with van der Waals surface area (Å²) >= 11 is 0. The summed E-state index contributed by atoms with van der Waals surface area (Å²) in [6, 6.07) is 19.0. The van der Waals surface area contributed by atoms with Gasteiger partial charge >= 0.3 is 0 Å². The maximum atomic E-state index is 12.5. The third-order valence-electron chi connectivity index (χ3n) is 4.67. The summed E-state index contributed by atoms with van der Waals surface area (Å²) in [5.41, 5.74) is 2.34. The number of hydrogen-bond donors (Lipinski definition) is 2. The Balaban J connectivity index is 1.57. The Bertz CT molecular complexity index is 1180. The van der Waals surface area contributed by atoms with Gasteiger partial charge in [-0.05, 0) is 48.4 Å². The van der Waals surface area contributed by atoms with E-state index >= 15 is 0 Å². The molecule has 0 radical (unpaired) electrons. The van der Waals surface area contributed by atoms with Gasteiger partial charge in [0.2, 0.25) is 5.88 Å². The fourth-order valence-corrected chi connectivity index (χ4v) is 3.77. The van der Waals surface area contributed by atoms with Gasteiger partial charge in [-0.2, -0.15) is 0 Å². The van der Waals surface area contributed by atoms with Crippen LogP contribution in [-0.2, 0) is 16.6 Å². The quantitative estimate of drug-likeness (QED) is 0.403. The lowest BCUT2D eigenvalue weighted by molar-refractivity contribution is 0.0950. The topological polar surface area (TPSA) is 97.4 Å². The van der Waals surface area contributed by atoms with E-state index in [-0.39, 0.29) is 12.5 Å². The Hall–Kier alpha value is -3.65. The summed E-state index contributed by atoms with van der Waals surface area (Å²) in [6.45, 7) is 2.93. The number of anilines is 1. The van der Waals surface area contributed by atoms with Gasteiger partial charge < -0.3 is 10.1 Å². The molecular formula is C25H27N3O4S. The Morgan fingerprint density at radius 3 is 2.52 bits per heavy atom. The molecule has 1 aromatic heterocycles. The van der Waals surface area contributed by atoms with Crippen LogP contribution in [0.3, 0.4) is 0 Å². The van der Waals surface area contributed by atoms with E-state index in [1.54, 1.807) is 36.5 Å². The zero-order chi connectivity index (χ0) is 23.5. The molecule has 0 aliphatic rings. The summed E-state index contributed by atoms with van der Waals surface area (Å²) in [4.78, 5) is 16.8. The van der Waals surface area contributed by atoms with Gasteiger partial charge in [0.15, 0.2) is 0 Å². The number of carbonyl (C=O) groups excluding carboxylic acids is 1. The molecule has 172 valence electrons. The van der Waals surface area contributed by atoms with E-state index in [0.717, 1.165) is 29.4 Å². The molecule has 0 bridgehead atoms. The molecule has 0 saturated carbocycles. The summed E-state index contributed by atoms with van der Waals surface area (Å²) < 4.78 is 32.7. The van der Waals surface area contributed by atoms with Crippen LogP contribution in [0.15, 0.2) is 78.3 Å². The summed E-state index contributed by atoms with van der Waals surface area (Å²) in [6.07, 6.45) is 5.12. The number of nitrogens with one attached hydrogen (secondary N) is 2. The minimum atomic E-state index is -3.68. The fraction of sp³-hybridized carbons (Fsp3) is 0.200. The average molecular weight is 466 g/mol. The van der Waals surface area contributed by atoms with Crippen LogP contribution in [-0.4, -0.2) is 25.9 Å². The number of aromatic nitrogens is 1. The summed E-state index contributed by atoms with van der Waals surface area (Å²) in [7, 11) is -3.68. The smallest absolute Gasteiger partial charge is 0.255 e. The zero-order valence-electron chi connectivity index (χ0n) is 18.4. The van der Waals surface area contributed by atoms with Crippen molar-refractivity contribution < 1.29 is 17.9 Å². The van der Waals surface area contributed by atoms with Gasteiger partial charge in [-0.25, -0.2) is 13.4 Å². The minimum absolute atomic E-state index is 0.271. The number of unbranched alkanes of at least 4 members (excludes halogenated alkanes) is 1. The van der Waals surface area contributed by atoms with E-state index in [1.807, 2.05) is 36.4 Å². The average Bonchev–Trinajstić information content (AvgIpc) is 2.83. The van der Waals surface area contributed by atoms with Gasteiger partial charge in [0.25, 0.3) is 15.9 Å². The van der Waals surface area contributed by atoms with Crippen molar-refractivity contribution in [3.05, 3.63) is 95.0 Å². The lowest BCUT2D eigenvalue weighted by atomic mass is 10.2. The van der Waals surface area contributed by atoms with E-state index in [4.69, 9.17) is 4.74 Å². The van der Waals surface area contributed by atoms with E-state index in [1.165, 1.54) is 6.08 Å². The maximum Gasteiger partial charge on any atom is 0.255 e. The lowest BCUT2D eigenvalue weighted by Gasteiger charge is -2.11. The van der Waals surface area contributed by atoms with Crippen LogP contribution in [0.5, 0.6) is 5.88 Å². The van der Waals surface area contributed by atoms with Crippen LogP contribution in [0, 0.1) is 0 Å². The third-order valence-corrected chi connectivity index (χ3v) is 5.69. The standard InChI is InChI=1S/C25H27N3O4S/c1-2-3-17-32-25-22(10-7-16-26-25)19-27-24(29)21-11-13-23(14-12-21)28-33(30,31)18-15-20-8-5-4-6-9-20/h4-16,18,28H,2-3,17,19H2,1H3,(H,27,29)/b18-15+. The molecule has 2 N–H and O–H groups in total. The number of nitrogens with zero attached hydrogens (tertiary/aromatic N) is 1. The molecule has 3 rings (SSSR count). The van der Waals surface area contributed by atoms with Crippen molar-refractivity contribution in [2.24, 2.45) is 0 Å². The second-order valence-electron chi connectivity index (χ2n) is 7.29. The minimum Gasteiger partial charge on any atom is -0.477 e. The van der Waals surface area contributed by atoms with Gasteiger partial charge in [-0.1, -0.05) is 49.7 Å². The van der Waals surface area contributed by atoms with Crippen molar-refractivity contribution >= 4 is 27.7 Å². The molecule has 0 spiro atoms. The summed E-state index contributed by atoms with van der Waals surface area (Å²) in [5, 5.41) is 3.95. The molecule has 7 nitrogen and oxygen atoms in total. The molecule has 33 heavy (non-hydrogen) atoms. The number of amides is 1. The molecule has 0 aliphatic carbocycles. The highest BCUT2D eigenvalue weighted by Gasteiger charge is 2.10. The number of benzene rings is 2. The van der Waals surface area contributed by atoms with Crippen LogP contribution in [0.25, 0.3) is 6.08 Å². The molecule has 8 heteroatoms. The molecule has 3 aromatic rings. The number of pyridine rings is 1. The molecule has 2 aromatic carbocycles. The molecule has 0 unspecified atom stereocenters. The number of carbonyl (C=O) groups is 1. The zero-order valence-corrected chi connectivity index (χ0v) is 19.2. The van der Waals surface area contributed by atoms with Crippen molar-refractivity contribution in [1.29, 1.82) is 0 Å². The monoisotopic (exact) mass is 465 g/mol. The van der Waals surface area contributed by atoms with Crippen LogP contribution in [0.2, 0.25) is 0 Å². The van der Waals surface area contributed by atoms with Crippen LogP contribution < -0.4 is 14.8 Å². The predicted molar refractivity (Wildman–Crippen MR) is 130 cm³/mol. The van der Waals surface area contributed by atoms with E-state index in [9.17, 15) is 13.2 Å². The molecule has 0 saturated heterocycles. The second-order valence-corrected chi connectivity index (χ2v) is 8.86. The van der Waals surface area contributed by atoms with E-state index < -0.39 is 10.0 Å². The SMILES string of the molecule is CCCCOc1ncccc1CNC(=O)c1ccc(NS(=O)(=O)/C=C/c2ccccc2)cc1. The van der Waals surface area contributed by atoms with Crippen LogP contribution in [0.1, 0.15) is 41.3 Å². The largest absolute Gasteiger partial charge is 0.477 e. The molecule has 1 amide bonds. The van der Waals surface area contributed by atoms with Crippen molar-refractivity contribution in [2.75, 3.05) is 11.3 Å². The van der Waals surface area contributed by atoms with Gasteiger partial charge in [0.05, 0.1) is 12.0 Å². The van der Waals surface area contributed by atoms with Gasteiger partial charge in [0.1, 0.15) is 0 Å². The lowest BCUT2D eigenvalue weighted by Crippen LogP contribution is -2.23. The Labute approximate surface area is 194 Å². The Morgan fingerprint density at radius 1 is 1.03 bits per heavy atom. The molecule has 0 fully saturated rings. The molecule has 0 aliphatic heterocycles.